The Bertz CT molecular complexity index is 417. The minimum atomic E-state index is -1.01. The first-order valence-electron chi connectivity index (χ1n) is 3.85. The summed E-state index contributed by atoms with van der Waals surface area (Å²) in [6, 6.07) is 7.60. The van der Waals surface area contributed by atoms with Crippen LogP contribution >= 0.6 is 11.3 Å². The van der Waals surface area contributed by atoms with Crippen LogP contribution in [-0.4, -0.2) is 8.78 Å². The van der Waals surface area contributed by atoms with Crippen molar-refractivity contribution in [2.45, 2.75) is 9.24 Å². The van der Waals surface area contributed by atoms with E-state index >= 15 is 0 Å². The van der Waals surface area contributed by atoms with Crippen molar-refractivity contribution in [2.75, 3.05) is 0 Å². The van der Waals surface area contributed by atoms with Crippen molar-refractivity contribution < 1.29 is 4.21 Å². The highest BCUT2D eigenvalue weighted by atomic mass is 32.2. The highest BCUT2D eigenvalue weighted by Gasteiger charge is 2.09. The summed E-state index contributed by atoms with van der Waals surface area (Å²) in [6.45, 7) is 0. The third-order valence-electron chi connectivity index (χ3n) is 1.76. The van der Waals surface area contributed by atoms with Crippen LogP contribution in [0.2, 0.25) is 0 Å². The number of hydrogen-bond donors (Lipinski definition) is 0. The van der Waals surface area contributed by atoms with Crippen molar-refractivity contribution in [3.05, 3.63) is 35.8 Å². The Labute approximate surface area is 83.3 Å². The van der Waals surface area contributed by atoms with Crippen molar-refractivity contribution in [3.8, 4) is 0 Å². The molecule has 0 fully saturated rings. The fourth-order valence-electron chi connectivity index (χ4n) is 1.11. The molecule has 0 radical (unpaired) electrons. The summed E-state index contributed by atoms with van der Waals surface area (Å²) >= 11 is 1.52. The largest absolute Gasteiger partial charge is 0.344 e. The molecule has 1 atom stereocenters. The van der Waals surface area contributed by atoms with Crippen LogP contribution in [0.5, 0.6) is 0 Å². The molecule has 2 heterocycles. The number of thiophene rings is 1. The molecule has 0 spiro atoms. The maximum absolute atomic E-state index is 11.9. The van der Waals surface area contributed by atoms with E-state index in [1.807, 2.05) is 47.5 Å². The van der Waals surface area contributed by atoms with Gasteiger partial charge < -0.3 is 4.57 Å². The van der Waals surface area contributed by atoms with Gasteiger partial charge in [0, 0.05) is 13.2 Å². The Kier molecular flexibility index (Phi) is 2.33. The molecule has 2 nitrogen and oxygen atoms in total. The summed E-state index contributed by atoms with van der Waals surface area (Å²) in [7, 11) is 0.889. The van der Waals surface area contributed by atoms with E-state index in [1.165, 1.54) is 11.3 Å². The molecule has 2 aromatic heterocycles. The van der Waals surface area contributed by atoms with Crippen molar-refractivity contribution in [1.82, 2.24) is 4.57 Å². The Morgan fingerprint density at radius 1 is 1.38 bits per heavy atom. The van der Waals surface area contributed by atoms with Gasteiger partial charge in [-0.15, -0.1) is 11.3 Å². The Morgan fingerprint density at radius 3 is 2.77 bits per heavy atom. The molecule has 0 saturated heterocycles. The zero-order valence-corrected chi connectivity index (χ0v) is 8.77. The molecule has 13 heavy (non-hydrogen) atoms. The second-order valence-corrected chi connectivity index (χ2v) is 5.26. The van der Waals surface area contributed by atoms with Gasteiger partial charge in [-0.2, -0.15) is 0 Å². The molecular formula is C9H9NOS2. The number of hydrogen-bond acceptors (Lipinski definition) is 2. The molecule has 0 aliphatic heterocycles. The first kappa shape index (κ1) is 8.72. The van der Waals surface area contributed by atoms with Crippen LogP contribution in [-0.2, 0) is 17.8 Å². The normalized spacial score (nSPS) is 13.0. The van der Waals surface area contributed by atoms with Gasteiger partial charge in [-0.3, -0.25) is 0 Å². The maximum Gasteiger partial charge on any atom is 0.112 e. The predicted molar refractivity (Wildman–Crippen MR) is 54.4 cm³/mol. The van der Waals surface area contributed by atoms with Crippen LogP contribution in [0.15, 0.2) is 45.1 Å². The lowest BCUT2D eigenvalue weighted by molar-refractivity contribution is 0.674. The molecule has 2 aromatic rings. The maximum atomic E-state index is 11.9. The van der Waals surface area contributed by atoms with E-state index in [-0.39, 0.29) is 0 Å². The van der Waals surface area contributed by atoms with Gasteiger partial charge in [0.2, 0.25) is 0 Å². The summed E-state index contributed by atoms with van der Waals surface area (Å²) in [6.07, 6.45) is 1.90. The van der Waals surface area contributed by atoms with Crippen LogP contribution in [0.1, 0.15) is 0 Å². The van der Waals surface area contributed by atoms with Gasteiger partial charge in [0.1, 0.15) is 15.8 Å². The number of nitrogens with zero attached hydrogens (tertiary/aromatic N) is 1. The molecule has 2 rings (SSSR count). The number of rotatable bonds is 2. The minimum absolute atomic E-state index is 0.849. The Hall–Kier alpha value is -0.870. The van der Waals surface area contributed by atoms with Crippen LogP contribution in [0.25, 0.3) is 0 Å². The molecule has 1 unspecified atom stereocenters. The van der Waals surface area contributed by atoms with E-state index in [0.29, 0.717) is 0 Å². The monoisotopic (exact) mass is 211 g/mol. The lowest BCUT2D eigenvalue weighted by Gasteiger charge is -1.99. The summed E-state index contributed by atoms with van der Waals surface area (Å²) < 4.78 is 14.7. The van der Waals surface area contributed by atoms with Gasteiger partial charge in [0.15, 0.2) is 0 Å². The molecule has 0 aromatic carbocycles. The minimum Gasteiger partial charge on any atom is -0.344 e. The second kappa shape index (κ2) is 3.47. The van der Waals surface area contributed by atoms with Gasteiger partial charge in [0.25, 0.3) is 0 Å². The zero-order chi connectivity index (χ0) is 9.26. The molecule has 0 N–H and O–H groups in total. The molecule has 0 bridgehead atoms. The number of aryl methyl sites for hydroxylation is 1. The highest BCUT2D eigenvalue weighted by molar-refractivity contribution is 7.87. The fraction of sp³-hybridized carbons (Fsp3) is 0.111. The van der Waals surface area contributed by atoms with Crippen LogP contribution in [0.4, 0.5) is 0 Å². The molecule has 0 saturated carbocycles. The summed E-state index contributed by atoms with van der Waals surface area (Å²) in [5.74, 6) is 0. The van der Waals surface area contributed by atoms with Crippen molar-refractivity contribution in [1.29, 1.82) is 0 Å². The second-order valence-electron chi connectivity index (χ2n) is 2.66. The third kappa shape index (κ3) is 1.59. The Balaban J connectivity index is 2.39. The molecular weight excluding hydrogens is 202 g/mol. The van der Waals surface area contributed by atoms with Crippen LogP contribution in [0, 0.1) is 0 Å². The van der Waals surface area contributed by atoms with Crippen molar-refractivity contribution in [2.24, 2.45) is 7.05 Å². The zero-order valence-electron chi connectivity index (χ0n) is 7.14. The average molecular weight is 211 g/mol. The fourth-order valence-corrected chi connectivity index (χ4v) is 3.26. The van der Waals surface area contributed by atoms with E-state index in [9.17, 15) is 4.21 Å². The Morgan fingerprint density at radius 2 is 2.23 bits per heavy atom. The summed E-state index contributed by atoms with van der Waals surface area (Å²) in [5.41, 5.74) is 0. The SMILES string of the molecule is Cn1cccc1S(=O)c1cccs1. The van der Waals surface area contributed by atoms with E-state index in [2.05, 4.69) is 0 Å². The van der Waals surface area contributed by atoms with Crippen molar-refractivity contribution >= 4 is 22.1 Å². The van der Waals surface area contributed by atoms with Crippen LogP contribution < -0.4 is 0 Å². The van der Waals surface area contributed by atoms with Crippen molar-refractivity contribution in [3.63, 3.8) is 0 Å². The molecule has 4 heteroatoms. The summed E-state index contributed by atoms with van der Waals surface area (Å²) in [5, 5.41) is 2.79. The van der Waals surface area contributed by atoms with E-state index in [0.717, 1.165) is 9.24 Å². The van der Waals surface area contributed by atoms with E-state index < -0.39 is 10.8 Å². The lowest BCUT2D eigenvalue weighted by Crippen LogP contribution is -1.97. The van der Waals surface area contributed by atoms with Gasteiger partial charge in [0.05, 0.1) is 4.21 Å². The van der Waals surface area contributed by atoms with Gasteiger partial charge in [-0.25, -0.2) is 4.21 Å². The quantitative estimate of drug-likeness (QED) is 0.746. The third-order valence-corrected chi connectivity index (χ3v) is 4.47. The topological polar surface area (TPSA) is 22.0 Å². The molecule has 0 aliphatic rings. The summed E-state index contributed by atoms with van der Waals surface area (Å²) in [4.78, 5) is 0. The van der Waals surface area contributed by atoms with Crippen LogP contribution in [0.3, 0.4) is 0 Å². The van der Waals surface area contributed by atoms with Gasteiger partial charge >= 0.3 is 0 Å². The number of aromatic nitrogens is 1. The smallest absolute Gasteiger partial charge is 0.112 e. The molecule has 68 valence electrons. The first-order valence-corrected chi connectivity index (χ1v) is 5.88. The standard InChI is InChI=1S/C9H9NOS2/c1-10-6-2-4-8(10)13(11)9-5-3-7-12-9/h2-7H,1H3. The van der Waals surface area contributed by atoms with Gasteiger partial charge in [-0.1, -0.05) is 6.07 Å². The lowest BCUT2D eigenvalue weighted by atomic mass is 10.7. The molecule has 0 amide bonds. The average Bonchev–Trinajstić information content (AvgIpc) is 2.72. The van der Waals surface area contributed by atoms with E-state index in [4.69, 9.17) is 0 Å². The predicted octanol–water partition coefficient (Wildman–Crippen LogP) is 2.25. The molecule has 0 aliphatic carbocycles. The first-order chi connectivity index (χ1) is 6.29. The highest BCUT2D eigenvalue weighted by Crippen LogP contribution is 2.20. The van der Waals surface area contributed by atoms with Gasteiger partial charge in [-0.05, 0) is 23.6 Å². The van der Waals surface area contributed by atoms with E-state index in [1.54, 1.807) is 0 Å².